The minimum atomic E-state index is -0.487. The van der Waals surface area contributed by atoms with E-state index in [4.69, 9.17) is 4.74 Å². The number of nitro groups is 1. The largest absolute Gasteiger partial charge is 0.484 e. The van der Waals surface area contributed by atoms with E-state index in [0.29, 0.717) is 15.9 Å². The van der Waals surface area contributed by atoms with Gasteiger partial charge in [0.05, 0.1) is 15.7 Å². The van der Waals surface area contributed by atoms with E-state index in [1.165, 1.54) is 35.4 Å². The SMILES string of the molecule is O=C(COc1ccc(C2SCCS2)cc1)N/N=C\c1cccc([N+](=O)[O-])c1. The molecule has 0 bridgehead atoms. The maximum absolute atomic E-state index is 11.8. The standard InChI is InChI=1S/C18H17N3O4S2/c22-17(20-19-11-13-2-1-3-15(10-13)21(23)24)12-25-16-6-4-14(5-7-16)18-26-8-9-27-18/h1-7,10-11,18H,8-9,12H2,(H,20,22)/b19-11-. The molecule has 1 fully saturated rings. The van der Waals surface area contributed by atoms with Crippen LogP contribution >= 0.6 is 23.5 Å². The highest BCUT2D eigenvalue weighted by Crippen LogP contribution is 2.45. The summed E-state index contributed by atoms with van der Waals surface area (Å²) >= 11 is 3.87. The van der Waals surface area contributed by atoms with Crippen LogP contribution in [0.1, 0.15) is 15.7 Å². The van der Waals surface area contributed by atoms with E-state index in [9.17, 15) is 14.9 Å². The van der Waals surface area contributed by atoms with Crippen molar-refractivity contribution in [1.29, 1.82) is 0 Å². The third-order valence-corrected chi connectivity index (χ3v) is 6.73. The summed E-state index contributed by atoms with van der Waals surface area (Å²) < 4.78 is 5.93. The fraction of sp³-hybridized carbons (Fsp3) is 0.222. The van der Waals surface area contributed by atoms with Gasteiger partial charge in [0.2, 0.25) is 0 Å². The lowest BCUT2D eigenvalue weighted by Crippen LogP contribution is -2.24. The highest BCUT2D eigenvalue weighted by Gasteiger charge is 2.17. The molecule has 0 aromatic heterocycles. The number of ether oxygens (including phenoxy) is 1. The lowest BCUT2D eigenvalue weighted by Gasteiger charge is -2.10. The van der Waals surface area contributed by atoms with Gasteiger partial charge in [0.1, 0.15) is 5.75 Å². The quantitative estimate of drug-likeness (QED) is 0.431. The van der Waals surface area contributed by atoms with Crippen LogP contribution < -0.4 is 10.2 Å². The first-order valence-electron chi connectivity index (χ1n) is 8.14. The first-order chi connectivity index (χ1) is 13.1. The summed E-state index contributed by atoms with van der Waals surface area (Å²) in [6, 6.07) is 13.7. The third-order valence-electron chi connectivity index (χ3n) is 3.63. The Balaban J connectivity index is 1.45. The molecule has 1 amide bonds. The van der Waals surface area contributed by atoms with Crippen LogP contribution in [0, 0.1) is 10.1 Å². The van der Waals surface area contributed by atoms with Crippen LogP contribution in [0.25, 0.3) is 0 Å². The molecule has 140 valence electrons. The number of carbonyl (C=O) groups is 1. The van der Waals surface area contributed by atoms with Crippen molar-refractivity contribution < 1.29 is 14.5 Å². The molecule has 0 unspecified atom stereocenters. The third kappa shape index (κ3) is 5.73. The van der Waals surface area contributed by atoms with Crippen molar-refractivity contribution in [2.75, 3.05) is 18.1 Å². The molecule has 7 nitrogen and oxygen atoms in total. The zero-order chi connectivity index (χ0) is 19.1. The van der Waals surface area contributed by atoms with Gasteiger partial charge in [-0.3, -0.25) is 14.9 Å². The van der Waals surface area contributed by atoms with Crippen LogP contribution in [0.4, 0.5) is 5.69 Å². The predicted octanol–water partition coefficient (Wildman–Crippen LogP) is 3.60. The van der Waals surface area contributed by atoms with Gasteiger partial charge in [-0.15, -0.1) is 23.5 Å². The van der Waals surface area contributed by atoms with Crippen LogP contribution in [0.2, 0.25) is 0 Å². The molecule has 1 aliphatic heterocycles. The fourth-order valence-electron chi connectivity index (χ4n) is 2.35. The van der Waals surface area contributed by atoms with E-state index in [2.05, 4.69) is 10.5 Å². The highest BCUT2D eigenvalue weighted by atomic mass is 32.2. The first kappa shape index (κ1) is 19.2. The minimum absolute atomic E-state index is 0.0357. The normalized spacial score (nSPS) is 14.4. The average Bonchev–Trinajstić information content (AvgIpc) is 3.22. The molecule has 2 aromatic rings. The van der Waals surface area contributed by atoms with Gasteiger partial charge in [0.15, 0.2) is 6.61 Å². The number of non-ortho nitro benzene ring substituents is 1. The van der Waals surface area contributed by atoms with Crippen molar-refractivity contribution in [3.63, 3.8) is 0 Å². The summed E-state index contributed by atoms with van der Waals surface area (Å²) in [6.45, 7) is -0.168. The highest BCUT2D eigenvalue weighted by molar-refractivity contribution is 8.19. The Hall–Kier alpha value is -2.52. The molecule has 0 radical (unpaired) electrons. The molecule has 1 saturated heterocycles. The van der Waals surface area contributed by atoms with Crippen molar-refractivity contribution in [2.45, 2.75) is 4.58 Å². The molecule has 3 rings (SSSR count). The number of amides is 1. The van der Waals surface area contributed by atoms with E-state index < -0.39 is 10.8 Å². The monoisotopic (exact) mass is 403 g/mol. The number of nitro benzene ring substituents is 1. The summed E-state index contributed by atoms with van der Waals surface area (Å²) in [7, 11) is 0. The number of nitrogens with one attached hydrogen (secondary N) is 1. The topological polar surface area (TPSA) is 93.8 Å². The number of thioether (sulfide) groups is 2. The van der Waals surface area contributed by atoms with Gasteiger partial charge < -0.3 is 4.74 Å². The second kappa shape index (κ2) is 9.43. The van der Waals surface area contributed by atoms with Crippen molar-refractivity contribution in [3.8, 4) is 5.75 Å². The number of hydrazone groups is 1. The predicted molar refractivity (Wildman–Crippen MR) is 108 cm³/mol. The molecule has 0 aliphatic carbocycles. The number of rotatable bonds is 7. The summed E-state index contributed by atoms with van der Waals surface area (Å²) in [4.78, 5) is 22.0. The van der Waals surface area contributed by atoms with E-state index in [1.807, 2.05) is 47.8 Å². The molecule has 1 aliphatic rings. The van der Waals surface area contributed by atoms with Crippen molar-refractivity contribution in [1.82, 2.24) is 5.43 Å². The summed E-state index contributed by atoms with van der Waals surface area (Å²) in [5, 5.41) is 14.5. The van der Waals surface area contributed by atoms with E-state index in [-0.39, 0.29) is 12.3 Å². The van der Waals surface area contributed by atoms with E-state index in [1.54, 1.807) is 12.1 Å². The Bertz CT molecular complexity index is 837. The van der Waals surface area contributed by atoms with Gasteiger partial charge >= 0.3 is 0 Å². The smallest absolute Gasteiger partial charge is 0.277 e. The van der Waals surface area contributed by atoms with Gasteiger partial charge in [-0.1, -0.05) is 24.3 Å². The molecular formula is C18H17N3O4S2. The Kier molecular flexibility index (Phi) is 6.72. The summed E-state index contributed by atoms with van der Waals surface area (Å²) in [6.07, 6.45) is 1.34. The lowest BCUT2D eigenvalue weighted by atomic mass is 10.2. The van der Waals surface area contributed by atoms with Gasteiger partial charge in [-0.05, 0) is 17.7 Å². The molecule has 0 atom stereocenters. The van der Waals surface area contributed by atoms with Crippen LogP contribution in [0.15, 0.2) is 53.6 Å². The zero-order valence-electron chi connectivity index (χ0n) is 14.2. The second-order valence-electron chi connectivity index (χ2n) is 5.58. The van der Waals surface area contributed by atoms with Crippen molar-refractivity contribution in [2.24, 2.45) is 5.10 Å². The Morgan fingerprint density at radius 2 is 2.00 bits per heavy atom. The number of hydrogen-bond donors (Lipinski definition) is 1. The number of nitrogens with zero attached hydrogens (tertiary/aromatic N) is 2. The molecule has 27 heavy (non-hydrogen) atoms. The summed E-state index contributed by atoms with van der Waals surface area (Å²) in [5.74, 6) is 2.54. The molecular weight excluding hydrogens is 386 g/mol. The number of benzene rings is 2. The second-order valence-corrected chi connectivity index (χ2v) is 8.30. The van der Waals surface area contributed by atoms with Crippen LogP contribution in [0.3, 0.4) is 0 Å². The van der Waals surface area contributed by atoms with Crippen molar-refractivity contribution in [3.05, 3.63) is 69.8 Å². The first-order valence-corrected chi connectivity index (χ1v) is 10.2. The number of hydrogen-bond acceptors (Lipinski definition) is 7. The minimum Gasteiger partial charge on any atom is -0.484 e. The Morgan fingerprint density at radius 3 is 2.70 bits per heavy atom. The van der Waals surface area contributed by atoms with Gasteiger partial charge in [0, 0.05) is 29.2 Å². The van der Waals surface area contributed by atoms with Crippen LogP contribution in [-0.2, 0) is 4.79 Å². The average molecular weight is 403 g/mol. The van der Waals surface area contributed by atoms with Gasteiger partial charge in [-0.25, -0.2) is 5.43 Å². The molecule has 0 saturated carbocycles. The maximum Gasteiger partial charge on any atom is 0.277 e. The molecule has 1 N–H and O–H groups in total. The zero-order valence-corrected chi connectivity index (χ0v) is 15.9. The number of carbonyl (C=O) groups excluding carboxylic acids is 1. The summed E-state index contributed by atoms with van der Waals surface area (Å²) in [5.41, 5.74) is 4.07. The van der Waals surface area contributed by atoms with Crippen molar-refractivity contribution >= 4 is 41.3 Å². The van der Waals surface area contributed by atoms with Crippen LogP contribution in [0.5, 0.6) is 5.75 Å². The van der Waals surface area contributed by atoms with E-state index in [0.717, 1.165) is 0 Å². The maximum atomic E-state index is 11.8. The van der Waals surface area contributed by atoms with Gasteiger partial charge in [0.25, 0.3) is 11.6 Å². The Morgan fingerprint density at radius 1 is 1.26 bits per heavy atom. The van der Waals surface area contributed by atoms with E-state index >= 15 is 0 Å². The van der Waals surface area contributed by atoms with Crippen LogP contribution in [-0.4, -0.2) is 35.2 Å². The molecule has 9 heteroatoms. The Labute approximate surface area is 164 Å². The fourth-order valence-corrected chi connectivity index (χ4v) is 5.21. The molecule has 0 spiro atoms. The lowest BCUT2D eigenvalue weighted by molar-refractivity contribution is -0.384. The van der Waals surface area contributed by atoms with Gasteiger partial charge in [-0.2, -0.15) is 5.10 Å². The molecule has 1 heterocycles. The molecule has 2 aromatic carbocycles.